The Bertz CT molecular complexity index is 1620. The molecule has 0 spiro atoms. The summed E-state index contributed by atoms with van der Waals surface area (Å²) in [4.78, 5) is 30.5. The lowest BCUT2D eigenvalue weighted by molar-refractivity contribution is 0.101. The van der Waals surface area contributed by atoms with Crippen LogP contribution in [0, 0.1) is 0 Å². The molecule has 37 heavy (non-hydrogen) atoms. The van der Waals surface area contributed by atoms with Crippen LogP contribution in [0.5, 0.6) is 0 Å². The Morgan fingerprint density at radius 3 is 2.54 bits per heavy atom. The Balaban J connectivity index is 1.51. The number of pyridine rings is 1. The van der Waals surface area contributed by atoms with Gasteiger partial charge >= 0.3 is 5.69 Å². The monoisotopic (exact) mass is 513 g/mol. The van der Waals surface area contributed by atoms with Gasteiger partial charge in [0.1, 0.15) is 0 Å². The molecule has 0 aliphatic heterocycles. The van der Waals surface area contributed by atoms with Gasteiger partial charge in [-0.15, -0.1) is 5.10 Å². The number of rotatable bonds is 8. The first-order chi connectivity index (χ1) is 18.0. The van der Waals surface area contributed by atoms with Gasteiger partial charge in [-0.1, -0.05) is 61.3 Å². The zero-order valence-electron chi connectivity index (χ0n) is 20.3. The lowest BCUT2D eigenvalue weighted by Crippen LogP contribution is -2.26. The molecule has 0 radical (unpaired) electrons. The molecule has 0 bridgehead atoms. The molecule has 0 amide bonds. The van der Waals surface area contributed by atoms with Crippen LogP contribution in [0.15, 0.2) is 71.8 Å². The molecule has 0 atom stereocenters. The molecule has 0 saturated heterocycles. The van der Waals surface area contributed by atoms with Crippen LogP contribution >= 0.6 is 11.6 Å². The minimum Gasteiger partial charge on any atom is -0.294 e. The molecule has 0 fully saturated rings. The fraction of sp³-hybridized carbons (Fsp3) is 0.185. The fourth-order valence-electron chi connectivity index (χ4n) is 4.41. The van der Waals surface area contributed by atoms with Crippen molar-refractivity contribution in [2.24, 2.45) is 0 Å². The van der Waals surface area contributed by atoms with E-state index in [2.05, 4.69) is 32.5 Å². The number of halogens is 1. The van der Waals surface area contributed by atoms with Crippen LogP contribution in [0.2, 0.25) is 5.02 Å². The van der Waals surface area contributed by atoms with Gasteiger partial charge in [-0.3, -0.25) is 18.9 Å². The molecule has 10 heteroatoms. The number of imidazole rings is 1. The van der Waals surface area contributed by atoms with Crippen molar-refractivity contribution in [1.29, 1.82) is 0 Å². The Morgan fingerprint density at radius 2 is 1.86 bits per heavy atom. The zero-order chi connectivity index (χ0) is 25.9. The van der Waals surface area contributed by atoms with E-state index in [-0.39, 0.29) is 18.0 Å². The zero-order valence-corrected chi connectivity index (χ0v) is 21.1. The molecule has 0 aliphatic rings. The number of nitrogens with one attached hydrogen (secondary N) is 1. The van der Waals surface area contributed by atoms with Crippen LogP contribution in [-0.2, 0) is 13.0 Å². The Hall–Kier alpha value is -4.37. The number of carbonyl (C=O) groups is 1. The number of hydrogen-bond acceptors (Lipinski definition) is 6. The quantitative estimate of drug-likeness (QED) is 0.300. The van der Waals surface area contributed by atoms with Crippen molar-refractivity contribution in [2.75, 3.05) is 0 Å². The summed E-state index contributed by atoms with van der Waals surface area (Å²) in [6.45, 7) is 3.80. The summed E-state index contributed by atoms with van der Waals surface area (Å²) in [5.74, 6) is 0.411. The van der Waals surface area contributed by atoms with Crippen molar-refractivity contribution in [3.63, 3.8) is 0 Å². The molecule has 5 rings (SSSR count). The molecule has 0 unspecified atom stereocenters. The van der Waals surface area contributed by atoms with Gasteiger partial charge in [-0.05, 0) is 47.5 Å². The Labute approximate surface area is 217 Å². The van der Waals surface area contributed by atoms with Gasteiger partial charge in [0.25, 0.3) is 0 Å². The molecule has 0 saturated carbocycles. The lowest BCUT2D eigenvalue weighted by atomic mass is 10.0. The van der Waals surface area contributed by atoms with Crippen molar-refractivity contribution < 1.29 is 4.79 Å². The van der Waals surface area contributed by atoms with E-state index >= 15 is 0 Å². The number of nitrogens with zero attached hydrogens (tertiary/aromatic N) is 6. The molecule has 2 aromatic carbocycles. The van der Waals surface area contributed by atoms with Crippen molar-refractivity contribution in [3.05, 3.63) is 99.4 Å². The van der Waals surface area contributed by atoms with E-state index in [1.807, 2.05) is 36.4 Å². The van der Waals surface area contributed by atoms with Crippen molar-refractivity contribution in [1.82, 2.24) is 34.7 Å². The Kier molecular flexibility index (Phi) is 6.78. The summed E-state index contributed by atoms with van der Waals surface area (Å²) in [7, 11) is 0. The summed E-state index contributed by atoms with van der Waals surface area (Å²) in [5, 5.41) is 14.5. The van der Waals surface area contributed by atoms with Crippen molar-refractivity contribution >= 4 is 17.4 Å². The normalized spacial score (nSPS) is 11.1. The first-order valence-corrected chi connectivity index (χ1v) is 12.2. The largest absolute Gasteiger partial charge is 0.333 e. The fourth-order valence-corrected chi connectivity index (χ4v) is 4.68. The number of ketones is 1. The molecule has 9 nitrogen and oxygen atoms in total. The van der Waals surface area contributed by atoms with Gasteiger partial charge in [0.05, 0.1) is 22.9 Å². The second-order valence-electron chi connectivity index (χ2n) is 8.63. The first-order valence-electron chi connectivity index (χ1n) is 11.9. The predicted octanol–water partition coefficient (Wildman–Crippen LogP) is 4.74. The second-order valence-corrected chi connectivity index (χ2v) is 9.04. The molecule has 3 heterocycles. The van der Waals surface area contributed by atoms with E-state index in [0.29, 0.717) is 28.5 Å². The van der Waals surface area contributed by atoms with E-state index in [1.165, 1.54) is 11.5 Å². The number of aryl methyl sites for hydroxylation is 1. The molecule has 1 N–H and O–H groups in total. The smallest absolute Gasteiger partial charge is 0.294 e. The number of aromatic amines is 1. The minimum absolute atomic E-state index is 0.159. The summed E-state index contributed by atoms with van der Waals surface area (Å²) >= 11 is 6.46. The van der Waals surface area contributed by atoms with E-state index in [9.17, 15) is 9.59 Å². The summed E-state index contributed by atoms with van der Waals surface area (Å²) in [6, 6.07) is 16.7. The van der Waals surface area contributed by atoms with Crippen LogP contribution < -0.4 is 5.69 Å². The molecular formula is C27H24ClN7O2. The topological polar surface area (TPSA) is 111 Å². The van der Waals surface area contributed by atoms with Gasteiger partial charge in [0.2, 0.25) is 0 Å². The molecule has 3 aromatic heterocycles. The van der Waals surface area contributed by atoms with E-state index in [1.54, 1.807) is 35.2 Å². The molecule has 5 aromatic rings. The molecule has 0 aliphatic carbocycles. The highest BCUT2D eigenvalue weighted by Crippen LogP contribution is 2.29. The van der Waals surface area contributed by atoms with Crippen LogP contribution in [-0.4, -0.2) is 40.5 Å². The van der Waals surface area contributed by atoms with E-state index < -0.39 is 0 Å². The van der Waals surface area contributed by atoms with Crippen LogP contribution in [0.3, 0.4) is 0 Å². The van der Waals surface area contributed by atoms with E-state index in [0.717, 1.165) is 34.5 Å². The van der Waals surface area contributed by atoms with Crippen LogP contribution in [0.4, 0.5) is 0 Å². The number of H-pyrrole nitrogens is 1. The van der Waals surface area contributed by atoms with Gasteiger partial charge in [0.15, 0.2) is 11.6 Å². The number of Topliss-reactive ketones (excluding diaryl/α,β-unsaturated/α-hetero) is 1. The second kappa shape index (κ2) is 10.3. The third-order valence-electron chi connectivity index (χ3n) is 6.16. The Morgan fingerprint density at radius 1 is 1.05 bits per heavy atom. The maximum atomic E-state index is 13.6. The van der Waals surface area contributed by atoms with Crippen molar-refractivity contribution in [3.8, 4) is 28.2 Å². The summed E-state index contributed by atoms with van der Waals surface area (Å²) in [5.41, 5.74) is 4.80. The minimum atomic E-state index is -0.270. The van der Waals surface area contributed by atoms with Crippen molar-refractivity contribution in [2.45, 2.75) is 33.2 Å². The van der Waals surface area contributed by atoms with Gasteiger partial charge < -0.3 is 0 Å². The maximum Gasteiger partial charge on any atom is 0.333 e. The highest BCUT2D eigenvalue weighted by atomic mass is 35.5. The summed E-state index contributed by atoms with van der Waals surface area (Å²) < 4.78 is 3.16. The highest BCUT2D eigenvalue weighted by molar-refractivity contribution is 6.33. The highest BCUT2D eigenvalue weighted by Gasteiger charge is 2.19. The molecular weight excluding hydrogens is 490 g/mol. The molecule has 186 valence electrons. The third kappa shape index (κ3) is 4.73. The van der Waals surface area contributed by atoms with Gasteiger partial charge in [-0.2, -0.15) is 0 Å². The van der Waals surface area contributed by atoms with Gasteiger partial charge in [0, 0.05) is 34.8 Å². The average Bonchev–Trinajstić information content (AvgIpc) is 3.54. The number of benzene rings is 2. The number of tetrazole rings is 1. The number of aromatic nitrogens is 7. The third-order valence-corrected chi connectivity index (χ3v) is 6.46. The number of carbonyl (C=O) groups excluding carboxylic acids is 1. The number of para-hydroxylation sites is 1. The SMILES string of the molecule is CCCc1cn(-c2c(Cl)cccc2C(C)=O)c(=O)n1Cc1ccc(-c2ccccc2-c2nnn[nH]2)cn1. The van der Waals surface area contributed by atoms with Crippen LogP contribution in [0.25, 0.3) is 28.2 Å². The van der Waals surface area contributed by atoms with E-state index in [4.69, 9.17) is 11.6 Å². The first kappa shape index (κ1) is 24.3. The lowest BCUT2D eigenvalue weighted by Gasteiger charge is -2.10. The number of hydrogen-bond donors (Lipinski definition) is 1. The maximum absolute atomic E-state index is 13.6. The average molecular weight is 514 g/mol. The van der Waals surface area contributed by atoms with Gasteiger partial charge in [-0.25, -0.2) is 9.89 Å². The standard InChI is InChI=1S/C27H24ClN7O2/c1-3-7-20-16-35(25-21(17(2)36)10-6-11-24(25)28)27(37)34(20)15-19-13-12-18(14-29-19)22-8-4-5-9-23(22)26-30-32-33-31-26/h4-6,8-14,16H,3,7,15H2,1-2H3,(H,30,31,32,33). The predicted molar refractivity (Wildman–Crippen MR) is 141 cm³/mol. The summed E-state index contributed by atoms with van der Waals surface area (Å²) in [6.07, 6.45) is 5.10. The van der Waals surface area contributed by atoms with Crippen LogP contribution in [0.1, 0.15) is 42.0 Å².